The Hall–Kier alpha value is -3.12. The second kappa shape index (κ2) is 9.79. The average Bonchev–Trinajstić information content (AvgIpc) is 2.81. The van der Waals surface area contributed by atoms with Crippen LogP contribution in [0.2, 0.25) is 0 Å². The van der Waals surface area contributed by atoms with Gasteiger partial charge in [0.25, 0.3) is 5.91 Å². The van der Waals surface area contributed by atoms with Crippen LogP contribution in [-0.2, 0) is 11.3 Å². The van der Waals surface area contributed by atoms with E-state index in [1.165, 1.54) is 5.56 Å². The number of piperidine rings is 1. The summed E-state index contributed by atoms with van der Waals surface area (Å²) in [6, 6.07) is 14.3. The molecule has 1 atom stereocenters. The van der Waals surface area contributed by atoms with E-state index >= 15 is 0 Å². The maximum atomic E-state index is 12.8. The lowest BCUT2D eigenvalue weighted by molar-refractivity contribution is -0.128. The number of aryl methyl sites for hydroxylation is 2. The Morgan fingerprint density at radius 2 is 1.76 bits per heavy atom. The van der Waals surface area contributed by atoms with E-state index in [-0.39, 0.29) is 17.6 Å². The first-order valence-electron chi connectivity index (χ1n) is 11.6. The maximum absolute atomic E-state index is 12.8. The van der Waals surface area contributed by atoms with Gasteiger partial charge in [0.2, 0.25) is 0 Å². The van der Waals surface area contributed by atoms with Gasteiger partial charge in [0.05, 0.1) is 0 Å². The highest BCUT2D eigenvalue weighted by Crippen LogP contribution is 2.30. The van der Waals surface area contributed by atoms with Crippen LogP contribution in [0.5, 0.6) is 5.75 Å². The molecular formula is C27H32N2O4. The van der Waals surface area contributed by atoms with E-state index in [2.05, 4.69) is 34.5 Å². The molecular weight excluding hydrogens is 416 g/mol. The summed E-state index contributed by atoms with van der Waals surface area (Å²) < 4.78 is 11.5. The highest BCUT2D eigenvalue weighted by molar-refractivity contribution is 5.86. The second-order valence-corrected chi connectivity index (χ2v) is 9.01. The standard InChI is InChI=1S/C27H32N2O4/c1-17-18(2)27(31)33-25-19(3)24(11-10-23(17)25)32-20(4)26(30)28-22-12-14-29(15-13-22)16-21-8-6-5-7-9-21/h5-11,20,22H,12-16H2,1-4H3,(H,28,30). The number of fused-ring (bicyclic) bond motifs is 1. The van der Waals surface area contributed by atoms with Crippen LogP contribution in [0.15, 0.2) is 51.7 Å². The zero-order chi connectivity index (χ0) is 23.5. The third-order valence-corrected chi connectivity index (χ3v) is 6.68. The fourth-order valence-electron chi connectivity index (χ4n) is 4.39. The van der Waals surface area contributed by atoms with Crippen LogP contribution in [0.4, 0.5) is 0 Å². The Morgan fingerprint density at radius 1 is 1.06 bits per heavy atom. The zero-order valence-electron chi connectivity index (χ0n) is 19.8. The van der Waals surface area contributed by atoms with Crippen LogP contribution in [-0.4, -0.2) is 36.0 Å². The molecule has 0 aliphatic carbocycles. The summed E-state index contributed by atoms with van der Waals surface area (Å²) in [6.07, 6.45) is 1.19. The molecule has 0 radical (unpaired) electrons. The van der Waals surface area contributed by atoms with Gasteiger partial charge in [-0.3, -0.25) is 9.69 Å². The number of nitrogens with zero attached hydrogens (tertiary/aromatic N) is 1. The third-order valence-electron chi connectivity index (χ3n) is 6.68. The molecule has 174 valence electrons. The average molecular weight is 449 g/mol. The van der Waals surface area contributed by atoms with E-state index in [9.17, 15) is 9.59 Å². The van der Waals surface area contributed by atoms with Crippen LogP contribution in [0, 0.1) is 20.8 Å². The number of amides is 1. The van der Waals surface area contributed by atoms with Gasteiger partial charge in [-0.15, -0.1) is 0 Å². The Morgan fingerprint density at radius 3 is 2.45 bits per heavy atom. The van der Waals surface area contributed by atoms with Gasteiger partial charge >= 0.3 is 5.63 Å². The van der Waals surface area contributed by atoms with Crippen LogP contribution in [0.3, 0.4) is 0 Å². The summed E-state index contributed by atoms with van der Waals surface area (Å²) in [5.74, 6) is 0.423. The van der Waals surface area contributed by atoms with E-state index in [0.29, 0.717) is 16.9 Å². The summed E-state index contributed by atoms with van der Waals surface area (Å²) in [5, 5.41) is 4.03. The lowest BCUT2D eigenvalue weighted by Gasteiger charge is -2.33. The highest BCUT2D eigenvalue weighted by atomic mass is 16.5. The van der Waals surface area contributed by atoms with E-state index in [0.717, 1.165) is 49.0 Å². The van der Waals surface area contributed by atoms with Crippen molar-refractivity contribution in [1.82, 2.24) is 10.2 Å². The minimum atomic E-state index is -0.651. The van der Waals surface area contributed by atoms with E-state index in [1.807, 2.05) is 32.0 Å². The van der Waals surface area contributed by atoms with Crippen molar-refractivity contribution < 1.29 is 13.9 Å². The topological polar surface area (TPSA) is 71.8 Å². The quantitative estimate of drug-likeness (QED) is 0.571. The van der Waals surface area contributed by atoms with Gasteiger partial charge in [-0.25, -0.2) is 4.79 Å². The molecule has 1 fully saturated rings. The van der Waals surface area contributed by atoms with Crippen LogP contribution < -0.4 is 15.7 Å². The molecule has 0 saturated carbocycles. The highest BCUT2D eigenvalue weighted by Gasteiger charge is 2.24. The predicted octanol–water partition coefficient (Wildman–Crippen LogP) is 4.27. The number of ether oxygens (including phenoxy) is 1. The van der Waals surface area contributed by atoms with Crippen molar-refractivity contribution in [1.29, 1.82) is 0 Å². The number of hydrogen-bond donors (Lipinski definition) is 1. The van der Waals surface area contributed by atoms with Gasteiger partial charge in [-0.05, 0) is 63.8 Å². The largest absolute Gasteiger partial charge is 0.480 e. The molecule has 1 aromatic heterocycles. The predicted molar refractivity (Wildman–Crippen MR) is 130 cm³/mol. The zero-order valence-corrected chi connectivity index (χ0v) is 19.8. The molecule has 2 heterocycles. The molecule has 0 bridgehead atoms. The summed E-state index contributed by atoms with van der Waals surface area (Å²) in [5.41, 5.74) is 3.72. The van der Waals surface area contributed by atoms with Gasteiger partial charge in [0.1, 0.15) is 11.3 Å². The number of carbonyl (C=O) groups excluding carboxylic acids is 1. The van der Waals surface area contributed by atoms with Crippen LogP contribution in [0.1, 0.15) is 42.0 Å². The van der Waals surface area contributed by atoms with Crippen molar-refractivity contribution in [2.75, 3.05) is 13.1 Å². The molecule has 1 amide bonds. The second-order valence-electron chi connectivity index (χ2n) is 9.01. The molecule has 4 rings (SSSR count). The first kappa shape index (κ1) is 23.1. The van der Waals surface area contributed by atoms with E-state index in [1.54, 1.807) is 13.8 Å². The lowest BCUT2D eigenvalue weighted by atomic mass is 10.0. The summed E-state index contributed by atoms with van der Waals surface area (Å²) in [4.78, 5) is 27.3. The molecule has 6 nitrogen and oxygen atoms in total. The maximum Gasteiger partial charge on any atom is 0.339 e. The molecule has 1 N–H and O–H groups in total. The third kappa shape index (κ3) is 5.11. The van der Waals surface area contributed by atoms with Crippen LogP contribution >= 0.6 is 0 Å². The monoisotopic (exact) mass is 448 g/mol. The van der Waals surface area contributed by atoms with Crippen molar-refractivity contribution >= 4 is 16.9 Å². The van der Waals surface area contributed by atoms with Crippen molar-refractivity contribution in [2.45, 2.75) is 59.2 Å². The smallest absolute Gasteiger partial charge is 0.339 e. The Balaban J connectivity index is 1.34. The summed E-state index contributed by atoms with van der Waals surface area (Å²) >= 11 is 0. The minimum absolute atomic E-state index is 0.127. The molecule has 1 aliphatic rings. The first-order valence-corrected chi connectivity index (χ1v) is 11.6. The number of benzene rings is 2. The van der Waals surface area contributed by atoms with Crippen molar-refractivity contribution in [3.8, 4) is 5.75 Å². The van der Waals surface area contributed by atoms with Gasteiger partial charge in [0, 0.05) is 42.2 Å². The molecule has 6 heteroatoms. The van der Waals surface area contributed by atoms with Gasteiger partial charge in [-0.1, -0.05) is 30.3 Å². The number of likely N-dealkylation sites (tertiary alicyclic amines) is 1. The fraction of sp³-hybridized carbons (Fsp3) is 0.407. The minimum Gasteiger partial charge on any atom is -0.480 e. The molecule has 1 unspecified atom stereocenters. The molecule has 2 aromatic carbocycles. The van der Waals surface area contributed by atoms with Crippen molar-refractivity contribution in [3.05, 3.63) is 75.1 Å². The van der Waals surface area contributed by atoms with E-state index < -0.39 is 6.10 Å². The van der Waals surface area contributed by atoms with E-state index in [4.69, 9.17) is 9.15 Å². The van der Waals surface area contributed by atoms with Gasteiger partial charge in [0.15, 0.2) is 6.10 Å². The van der Waals surface area contributed by atoms with Crippen LogP contribution in [0.25, 0.3) is 11.0 Å². The Kier molecular flexibility index (Phi) is 6.84. The molecule has 1 aliphatic heterocycles. The van der Waals surface area contributed by atoms with Gasteiger partial charge < -0.3 is 14.5 Å². The number of nitrogens with one attached hydrogen (secondary N) is 1. The Bertz CT molecular complexity index is 1190. The van der Waals surface area contributed by atoms with Crippen molar-refractivity contribution in [3.63, 3.8) is 0 Å². The SMILES string of the molecule is Cc1c(C)c2ccc(OC(C)C(=O)NC3CCN(Cc4ccccc4)CC3)c(C)c2oc1=O. The molecule has 33 heavy (non-hydrogen) atoms. The molecule has 3 aromatic rings. The normalized spacial score (nSPS) is 16.0. The molecule has 0 spiro atoms. The summed E-state index contributed by atoms with van der Waals surface area (Å²) in [6.45, 7) is 10.1. The fourth-order valence-corrected chi connectivity index (χ4v) is 4.39. The van der Waals surface area contributed by atoms with Gasteiger partial charge in [-0.2, -0.15) is 0 Å². The Labute approximate surface area is 194 Å². The van der Waals surface area contributed by atoms with Crippen molar-refractivity contribution in [2.24, 2.45) is 0 Å². The summed E-state index contributed by atoms with van der Waals surface area (Å²) in [7, 11) is 0. The molecule has 1 saturated heterocycles. The number of rotatable bonds is 6. The number of hydrogen-bond acceptors (Lipinski definition) is 5. The number of carbonyl (C=O) groups is 1. The lowest BCUT2D eigenvalue weighted by Crippen LogP contribution is -2.47. The first-order chi connectivity index (χ1) is 15.8.